The molecule has 0 spiro atoms. The quantitative estimate of drug-likeness (QED) is 0.207. The summed E-state index contributed by atoms with van der Waals surface area (Å²) in [6.07, 6.45) is -2.71. The van der Waals surface area contributed by atoms with Crippen LogP contribution in [0, 0.1) is 0 Å². The molecule has 1 saturated heterocycles. The van der Waals surface area contributed by atoms with Crippen LogP contribution in [-0.2, 0) is 19.2 Å². The van der Waals surface area contributed by atoms with Crippen LogP contribution >= 0.6 is 0 Å². The Bertz CT molecular complexity index is 1390. The van der Waals surface area contributed by atoms with Crippen LogP contribution in [-0.4, -0.2) is 105 Å². The number of aromatic hydroxyl groups is 1. The van der Waals surface area contributed by atoms with E-state index in [-0.39, 0.29) is 5.56 Å². The number of anilines is 1. The third-order valence-electron chi connectivity index (χ3n) is 6.41. The third-order valence-corrected chi connectivity index (χ3v) is 7.29. The first kappa shape index (κ1) is 32.1. The number of aromatic nitrogens is 4. The van der Waals surface area contributed by atoms with E-state index in [1.54, 1.807) is 4.72 Å². The number of hydrogen-bond acceptors (Lipinski definition) is 13. The fraction of sp³-hybridized carbons (Fsp3) is 0.520. The van der Waals surface area contributed by atoms with Gasteiger partial charge in [0.15, 0.2) is 23.2 Å². The molecule has 1 fully saturated rings. The predicted molar refractivity (Wildman–Crippen MR) is 149 cm³/mol. The Hall–Kier alpha value is -3.41. The van der Waals surface area contributed by atoms with Gasteiger partial charge in [-0.1, -0.05) is 32.9 Å². The fourth-order valence-corrected chi connectivity index (χ4v) is 4.83. The number of phenolic OH excluding ortho intramolecular Hbond substituents is 1. The van der Waals surface area contributed by atoms with Crippen molar-refractivity contribution in [3.63, 3.8) is 0 Å². The minimum Gasteiger partial charge on any atom is -0.507 e. The van der Waals surface area contributed by atoms with E-state index in [0.717, 1.165) is 0 Å². The number of hydrogen-bond donors (Lipinski definition) is 5. The Morgan fingerprint density at radius 3 is 2.37 bits per heavy atom. The molecule has 1 aromatic carbocycles. The second-order valence-electron chi connectivity index (χ2n) is 8.93. The van der Waals surface area contributed by atoms with Gasteiger partial charge in [-0.3, -0.25) is 13.5 Å². The number of nitrogens with zero attached hydrogens (tertiary/aromatic N) is 5. The number of rotatable bonds is 11. The summed E-state index contributed by atoms with van der Waals surface area (Å²) < 4.78 is 37.8. The zero-order valence-corrected chi connectivity index (χ0v) is 24.2. The second kappa shape index (κ2) is 14.5. The number of phenols is 1. The van der Waals surface area contributed by atoms with Crippen molar-refractivity contribution in [2.75, 3.05) is 38.1 Å². The van der Waals surface area contributed by atoms with Gasteiger partial charge in [0.05, 0.1) is 18.5 Å². The Labute approximate surface area is 238 Å². The van der Waals surface area contributed by atoms with Gasteiger partial charge in [0.2, 0.25) is 0 Å². The van der Waals surface area contributed by atoms with Gasteiger partial charge in [-0.15, -0.1) is 0 Å². The number of nitrogens with one attached hydrogen (secondary N) is 2. The number of amides is 1. The minimum absolute atomic E-state index is 0.270. The minimum atomic E-state index is -4.62. The summed E-state index contributed by atoms with van der Waals surface area (Å²) in [4.78, 5) is 27.0. The number of para-hydroxylation sites is 1. The maximum atomic E-state index is 12.2. The summed E-state index contributed by atoms with van der Waals surface area (Å²) in [7, 11) is -4.62. The predicted octanol–water partition coefficient (Wildman–Crippen LogP) is 0.622. The highest BCUT2D eigenvalue weighted by molar-refractivity contribution is 7.85. The summed E-state index contributed by atoms with van der Waals surface area (Å²) in [6, 6.07) is 5.36. The van der Waals surface area contributed by atoms with Crippen LogP contribution < -0.4 is 10.0 Å². The number of carbonyl (C=O) groups excluding carboxylic acids is 1. The van der Waals surface area contributed by atoms with Crippen molar-refractivity contribution >= 4 is 33.2 Å². The number of fused-ring (bicyclic) bond motifs is 1. The summed E-state index contributed by atoms with van der Waals surface area (Å²) >= 11 is 0. The highest BCUT2D eigenvalue weighted by Gasteiger charge is 2.45. The normalized spacial score (nSPS) is 20.6. The van der Waals surface area contributed by atoms with Gasteiger partial charge in [0.1, 0.15) is 30.4 Å². The van der Waals surface area contributed by atoms with Crippen LogP contribution in [0.3, 0.4) is 0 Å². The molecule has 226 valence electrons. The van der Waals surface area contributed by atoms with E-state index in [1.165, 1.54) is 61.1 Å². The lowest BCUT2D eigenvalue weighted by Crippen LogP contribution is -2.37. The monoisotopic (exact) mass is 595 g/mol. The van der Waals surface area contributed by atoms with Gasteiger partial charge in [-0.25, -0.2) is 19.7 Å². The van der Waals surface area contributed by atoms with E-state index < -0.39 is 53.1 Å². The lowest BCUT2D eigenvalue weighted by atomic mass is 10.1. The number of aliphatic hydroxyl groups is 2. The number of carbonyl (C=O) groups is 1. The molecule has 0 aliphatic carbocycles. The maximum absolute atomic E-state index is 12.2. The molecular formula is C25H37N7O8S. The molecule has 41 heavy (non-hydrogen) atoms. The van der Waals surface area contributed by atoms with E-state index >= 15 is 0 Å². The molecular weight excluding hydrogens is 558 g/mol. The van der Waals surface area contributed by atoms with E-state index in [1.807, 2.05) is 6.92 Å². The molecule has 0 radical (unpaired) electrons. The smallest absolute Gasteiger partial charge is 0.362 e. The highest BCUT2D eigenvalue weighted by Crippen LogP contribution is 2.32. The molecule has 0 saturated carbocycles. The van der Waals surface area contributed by atoms with Crippen molar-refractivity contribution in [3.8, 4) is 5.75 Å². The van der Waals surface area contributed by atoms with Crippen molar-refractivity contribution < 1.29 is 37.5 Å². The van der Waals surface area contributed by atoms with Gasteiger partial charge in [-0.05, 0) is 38.7 Å². The number of aliphatic hydroxyl groups excluding tert-OH is 2. The first-order chi connectivity index (χ1) is 19.6. The lowest BCUT2D eigenvalue weighted by molar-refractivity contribution is -0.0468. The number of ether oxygens (including phenoxy) is 1. The van der Waals surface area contributed by atoms with E-state index in [0.29, 0.717) is 23.5 Å². The molecule has 3 heterocycles. The molecule has 0 bridgehead atoms. The maximum Gasteiger partial charge on any atom is 0.362 e. The average molecular weight is 596 g/mol. The van der Waals surface area contributed by atoms with Crippen LogP contribution in [0.25, 0.3) is 11.2 Å². The van der Waals surface area contributed by atoms with Gasteiger partial charge >= 0.3 is 10.3 Å². The second-order valence-corrected chi connectivity index (χ2v) is 10.3. The third kappa shape index (κ3) is 7.87. The Kier molecular flexibility index (Phi) is 11.3. The molecule has 1 amide bonds. The molecule has 4 atom stereocenters. The van der Waals surface area contributed by atoms with E-state index in [9.17, 15) is 28.5 Å². The first-order valence-corrected chi connectivity index (χ1v) is 14.6. The van der Waals surface area contributed by atoms with E-state index in [2.05, 4.69) is 45.9 Å². The Morgan fingerprint density at radius 2 is 1.76 bits per heavy atom. The largest absolute Gasteiger partial charge is 0.507 e. The molecule has 5 N–H and O–H groups in total. The van der Waals surface area contributed by atoms with Crippen molar-refractivity contribution in [2.24, 2.45) is 0 Å². The van der Waals surface area contributed by atoms with Gasteiger partial charge in [0, 0.05) is 6.54 Å². The molecule has 3 aromatic rings. The van der Waals surface area contributed by atoms with Gasteiger partial charge in [0.25, 0.3) is 5.91 Å². The fourth-order valence-electron chi connectivity index (χ4n) is 4.12. The highest BCUT2D eigenvalue weighted by atomic mass is 32.2. The average Bonchev–Trinajstić information content (AvgIpc) is 3.50. The number of imidazole rings is 1. The van der Waals surface area contributed by atoms with Crippen molar-refractivity contribution in [1.82, 2.24) is 29.1 Å². The lowest BCUT2D eigenvalue weighted by Gasteiger charge is -2.16. The molecule has 1 aliphatic heterocycles. The molecule has 4 rings (SSSR count). The van der Waals surface area contributed by atoms with Crippen LogP contribution in [0.1, 0.15) is 44.3 Å². The van der Waals surface area contributed by atoms with Crippen molar-refractivity contribution in [2.45, 2.75) is 52.2 Å². The van der Waals surface area contributed by atoms with Crippen LogP contribution in [0.2, 0.25) is 0 Å². The zero-order chi connectivity index (χ0) is 30.2. The molecule has 2 aromatic heterocycles. The van der Waals surface area contributed by atoms with Gasteiger partial charge < -0.3 is 30.3 Å². The molecule has 0 unspecified atom stereocenters. The van der Waals surface area contributed by atoms with Gasteiger partial charge in [-0.2, -0.15) is 8.42 Å². The van der Waals surface area contributed by atoms with Crippen LogP contribution in [0.4, 0.5) is 5.82 Å². The Balaban J connectivity index is 0.000000587. The van der Waals surface area contributed by atoms with Crippen LogP contribution in [0.15, 0.2) is 36.9 Å². The van der Waals surface area contributed by atoms with E-state index in [4.69, 9.17) is 8.92 Å². The Morgan fingerprint density at radius 1 is 1.07 bits per heavy atom. The van der Waals surface area contributed by atoms with Crippen molar-refractivity contribution in [3.05, 3.63) is 42.5 Å². The summed E-state index contributed by atoms with van der Waals surface area (Å²) in [6.45, 7) is 11.9. The first-order valence-electron chi connectivity index (χ1n) is 13.2. The molecule has 1 aliphatic rings. The summed E-state index contributed by atoms with van der Waals surface area (Å²) in [5.41, 5.74) is 0.475. The van der Waals surface area contributed by atoms with Crippen LogP contribution in [0.5, 0.6) is 5.75 Å². The SMILES string of the molecule is CCN(CC)CC.CCNc1ncnc2c1ncn2[C@@H]1O[C@H](COS(=O)(=O)NC(=O)c2ccccc2O)[C@@H](O)[C@H]1O. The van der Waals surface area contributed by atoms with Crippen molar-refractivity contribution in [1.29, 1.82) is 0 Å². The molecule has 15 nitrogen and oxygen atoms in total. The zero-order valence-electron chi connectivity index (χ0n) is 23.3. The standard InChI is InChI=1S/C19H22N6O8S.C6H15N/c1-2-20-16-13-17(22-8-21-16)25(9-23-13)19-15(28)14(27)12(33-19)7-32-34(30,31)24-18(29)10-5-3-4-6-11(10)26;1-4-7(5-2)6-3/h3-6,8-9,12,14-15,19,26-28H,2,7H2,1H3,(H,24,29)(H,20,21,22);4-6H2,1-3H3/t12-,14-,15-,19-;/m1./s1. The molecule has 16 heteroatoms. The topological polar surface area (TPSA) is 201 Å². The summed E-state index contributed by atoms with van der Waals surface area (Å²) in [5.74, 6) is -1.04. The number of benzene rings is 1. The summed E-state index contributed by atoms with van der Waals surface area (Å²) in [5, 5.41) is 33.6.